The van der Waals surface area contributed by atoms with Crippen molar-refractivity contribution < 1.29 is 4.79 Å². The first-order chi connectivity index (χ1) is 13.3. The first kappa shape index (κ1) is 17.6. The summed E-state index contributed by atoms with van der Waals surface area (Å²) in [4.78, 5) is 21.3. The maximum atomic E-state index is 12.7. The summed E-state index contributed by atoms with van der Waals surface area (Å²) in [6, 6.07) is 11.9. The monoisotopic (exact) mass is 364 g/mol. The summed E-state index contributed by atoms with van der Waals surface area (Å²) < 4.78 is 1.82. The Kier molecular flexibility index (Phi) is 5.39. The fraction of sp³-hybridized carbons (Fsp3) is 0.400. The molecule has 1 aliphatic rings. The number of aryl methyl sites for hydroxylation is 1. The molecule has 0 spiro atoms. The van der Waals surface area contributed by atoms with Crippen LogP contribution in [0.5, 0.6) is 0 Å². The minimum atomic E-state index is 0.192. The Balaban J connectivity index is 1.30. The van der Waals surface area contributed by atoms with E-state index in [-0.39, 0.29) is 5.91 Å². The molecule has 7 heteroatoms. The van der Waals surface area contributed by atoms with E-state index in [0.29, 0.717) is 13.0 Å². The van der Waals surface area contributed by atoms with Gasteiger partial charge in [-0.25, -0.2) is 4.68 Å². The zero-order chi connectivity index (χ0) is 18.5. The van der Waals surface area contributed by atoms with Gasteiger partial charge in [-0.3, -0.25) is 14.7 Å². The molecule has 3 heterocycles. The number of amides is 1. The number of aromatic nitrogens is 4. The van der Waals surface area contributed by atoms with Crippen LogP contribution in [0.2, 0.25) is 0 Å². The molecule has 27 heavy (non-hydrogen) atoms. The van der Waals surface area contributed by atoms with E-state index in [4.69, 9.17) is 0 Å². The quantitative estimate of drug-likeness (QED) is 0.692. The molecule has 1 aromatic carbocycles. The molecular weight excluding hydrogens is 340 g/mol. The molecule has 4 rings (SSSR count). The van der Waals surface area contributed by atoms with Crippen molar-refractivity contribution in [1.29, 1.82) is 0 Å². The average Bonchev–Trinajstić information content (AvgIpc) is 2.97. The number of rotatable bonds is 5. The molecular formula is C20H24N6O. The molecule has 0 N–H and O–H groups in total. The van der Waals surface area contributed by atoms with Crippen molar-refractivity contribution in [2.24, 2.45) is 0 Å². The van der Waals surface area contributed by atoms with Gasteiger partial charge < -0.3 is 4.90 Å². The standard InChI is InChI=1S/C20H24N6O/c27-20(8-12-26-19-7-2-1-6-18(19)22-23-26)25-11-4-10-24(13-14-25)16-17-5-3-9-21-15-17/h1-3,5-7,9,15H,4,8,10-14,16H2. The Morgan fingerprint density at radius 1 is 1.04 bits per heavy atom. The molecule has 0 radical (unpaired) electrons. The number of hydrogen-bond acceptors (Lipinski definition) is 5. The maximum Gasteiger partial charge on any atom is 0.224 e. The number of hydrogen-bond donors (Lipinski definition) is 0. The molecule has 0 unspecified atom stereocenters. The summed E-state index contributed by atoms with van der Waals surface area (Å²) in [7, 11) is 0. The summed E-state index contributed by atoms with van der Waals surface area (Å²) in [5.74, 6) is 0.192. The SMILES string of the molecule is O=C(CCn1nnc2ccccc21)N1CCCN(Cc2cccnc2)CC1. The number of carbonyl (C=O) groups excluding carboxylic acids is 1. The van der Waals surface area contributed by atoms with E-state index in [1.165, 1.54) is 5.56 Å². The largest absolute Gasteiger partial charge is 0.341 e. The minimum Gasteiger partial charge on any atom is -0.341 e. The Hall–Kier alpha value is -2.80. The molecule has 1 fully saturated rings. The number of pyridine rings is 1. The third kappa shape index (κ3) is 4.31. The lowest BCUT2D eigenvalue weighted by molar-refractivity contribution is -0.131. The molecule has 0 saturated carbocycles. The first-order valence-electron chi connectivity index (χ1n) is 9.47. The van der Waals surface area contributed by atoms with E-state index in [1.807, 2.05) is 46.1 Å². The van der Waals surface area contributed by atoms with Gasteiger partial charge in [0.2, 0.25) is 5.91 Å². The lowest BCUT2D eigenvalue weighted by Gasteiger charge is -2.22. The van der Waals surface area contributed by atoms with Gasteiger partial charge in [-0.1, -0.05) is 23.4 Å². The van der Waals surface area contributed by atoms with E-state index in [9.17, 15) is 4.79 Å². The molecule has 3 aromatic rings. The molecule has 1 amide bonds. The zero-order valence-electron chi connectivity index (χ0n) is 15.4. The first-order valence-corrected chi connectivity index (χ1v) is 9.47. The topological polar surface area (TPSA) is 67.2 Å². The van der Waals surface area contributed by atoms with Gasteiger partial charge in [-0.05, 0) is 30.2 Å². The van der Waals surface area contributed by atoms with Gasteiger partial charge in [-0.2, -0.15) is 0 Å². The van der Waals surface area contributed by atoms with Gasteiger partial charge in [0.1, 0.15) is 5.52 Å². The lowest BCUT2D eigenvalue weighted by Crippen LogP contribution is -2.35. The average molecular weight is 364 g/mol. The normalized spacial score (nSPS) is 15.8. The smallest absolute Gasteiger partial charge is 0.224 e. The minimum absolute atomic E-state index is 0.192. The van der Waals surface area contributed by atoms with Crippen LogP contribution in [0.4, 0.5) is 0 Å². The fourth-order valence-corrected chi connectivity index (χ4v) is 3.57. The van der Waals surface area contributed by atoms with Gasteiger partial charge in [0.25, 0.3) is 0 Å². The van der Waals surface area contributed by atoms with E-state index >= 15 is 0 Å². The van der Waals surface area contributed by atoms with Crippen LogP contribution in [0.15, 0.2) is 48.8 Å². The number of benzene rings is 1. The summed E-state index contributed by atoms with van der Waals surface area (Å²) in [6.45, 7) is 4.95. The molecule has 0 bridgehead atoms. The number of carbonyl (C=O) groups is 1. The Bertz CT molecular complexity index is 894. The predicted octanol–water partition coefficient (Wildman–Crippen LogP) is 1.95. The third-order valence-corrected chi connectivity index (χ3v) is 5.03. The highest BCUT2D eigenvalue weighted by atomic mass is 16.2. The van der Waals surface area contributed by atoms with Crippen LogP contribution in [-0.4, -0.2) is 61.9 Å². The second-order valence-electron chi connectivity index (χ2n) is 6.92. The van der Waals surface area contributed by atoms with E-state index < -0.39 is 0 Å². The number of fused-ring (bicyclic) bond motifs is 1. The Morgan fingerprint density at radius 3 is 2.85 bits per heavy atom. The van der Waals surface area contributed by atoms with Crippen LogP contribution < -0.4 is 0 Å². The Morgan fingerprint density at radius 2 is 1.96 bits per heavy atom. The number of nitrogens with zero attached hydrogens (tertiary/aromatic N) is 6. The second-order valence-corrected chi connectivity index (χ2v) is 6.92. The van der Waals surface area contributed by atoms with Crippen molar-refractivity contribution in [3.8, 4) is 0 Å². The highest BCUT2D eigenvalue weighted by molar-refractivity contribution is 5.77. The third-order valence-electron chi connectivity index (χ3n) is 5.03. The van der Waals surface area contributed by atoms with Crippen molar-refractivity contribution >= 4 is 16.9 Å². The van der Waals surface area contributed by atoms with Crippen molar-refractivity contribution in [3.63, 3.8) is 0 Å². The second kappa shape index (κ2) is 8.26. The van der Waals surface area contributed by atoms with E-state index in [2.05, 4.69) is 26.3 Å². The van der Waals surface area contributed by atoms with Gasteiger partial charge in [0, 0.05) is 51.5 Å². The molecule has 1 saturated heterocycles. The number of para-hydroxylation sites is 1. The van der Waals surface area contributed by atoms with Gasteiger partial charge >= 0.3 is 0 Å². The maximum absolute atomic E-state index is 12.7. The summed E-state index contributed by atoms with van der Waals surface area (Å²) in [6.07, 6.45) is 5.16. The van der Waals surface area contributed by atoms with Crippen LogP contribution in [0.25, 0.3) is 11.0 Å². The fourth-order valence-electron chi connectivity index (χ4n) is 3.57. The summed E-state index contributed by atoms with van der Waals surface area (Å²) in [5, 5.41) is 8.32. The van der Waals surface area contributed by atoms with Gasteiger partial charge in [-0.15, -0.1) is 5.10 Å². The summed E-state index contributed by atoms with van der Waals surface area (Å²) in [5.41, 5.74) is 3.06. The molecule has 1 aliphatic heterocycles. The van der Waals surface area contributed by atoms with E-state index in [0.717, 1.165) is 50.2 Å². The Labute approximate surface area is 158 Å². The highest BCUT2D eigenvalue weighted by Gasteiger charge is 2.19. The molecule has 0 aliphatic carbocycles. The van der Waals surface area contributed by atoms with Crippen LogP contribution >= 0.6 is 0 Å². The summed E-state index contributed by atoms with van der Waals surface area (Å²) >= 11 is 0. The van der Waals surface area contributed by atoms with Gasteiger partial charge in [0.05, 0.1) is 12.1 Å². The zero-order valence-corrected chi connectivity index (χ0v) is 15.4. The van der Waals surface area contributed by atoms with E-state index in [1.54, 1.807) is 6.20 Å². The van der Waals surface area contributed by atoms with Gasteiger partial charge in [0.15, 0.2) is 0 Å². The molecule has 140 valence electrons. The van der Waals surface area contributed by atoms with Crippen molar-refractivity contribution in [2.45, 2.75) is 25.9 Å². The van der Waals surface area contributed by atoms with Crippen LogP contribution in [-0.2, 0) is 17.9 Å². The molecule has 7 nitrogen and oxygen atoms in total. The molecule has 2 aromatic heterocycles. The highest BCUT2D eigenvalue weighted by Crippen LogP contribution is 2.12. The van der Waals surface area contributed by atoms with Crippen molar-refractivity contribution in [1.82, 2.24) is 29.8 Å². The molecule has 0 atom stereocenters. The predicted molar refractivity (Wildman–Crippen MR) is 103 cm³/mol. The van der Waals surface area contributed by atoms with Crippen LogP contribution in [0.3, 0.4) is 0 Å². The van der Waals surface area contributed by atoms with Crippen molar-refractivity contribution in [3.05, 3.63) is 54.4 Å². The van der Waals surface area contributed by atoms with Crippen LogP contribution in [0.1, 0.15) is 18.4 Å². The lowest BCUT2D eigenvalue weighted by atomic mass is 10.2. The van der Waals surface area contributed by atoms with Crippen LogP contribution in [0, 0.1) is 0 Å². The van der Waals surface area contributed by atoms with Crippen molar-refractivity contribution in [2.75, 3.05) is 26.2 Å².